The lowest BCUT2D eigenvalue weighted by molar-refractivity contribution is -0.137. The van der Waals surface area contributed by atoms with Gasteiger partial charge in [-0.05, 0) is 48.5 Å². The first-order chi connectivity index (χ1) is 16.9. The van der Waals surface area contributed by atoms with E-state index in [2.05, 4.69) is 5.32 Å². The van der Waals surface area contributed by atoms with E-state index >= 15 is 0 Å². The van der Waals surface area contributed by atoms with Gasteiger partial charge >= 0.3 is 6.18 Å². The highest BCUT2D eigenvalue weighted by Crippen LogP contribution is 2.35. The van der Waals surface area contributed by atoms with E-state index in [0.29, 0.717) is 39.1 Å². The summed E-state index contributed by atoms with van der Waals surface area (Å²) in [6.45, 7) is 0. The van der Waals surface area contributed by atoms with Gasteiger partial charge in [-0.25, -0.2) is 13.1 Å². The number of hydrogen-bond donors (Lipinski definition) is 2. The Bertz CT molecular complexity index is 1580. The minimum Gasteiger partial charge on any atom is -0.497 e. The molecule has 0 aliphatic rings. The predicted molar refractivity (Wildman–Crippen MR) is 130 cm³/mol. The number of hydrogen-bond acceptors (Lipinski definition) is 5. The fourth-order valence-corrected chi connectivity index (χ4v) is 4.98. The third-order valence-electron chi connectivity index (χ3n) is 5.43. The van der Waals surface area contributed by atoms with Crippen LogP contribution in [0, 0.1) is 0 Å². The van der Waals surface area contributed by atoms with Gasteiger partial charge in [-0.15, -0.1) is 0 Å². The highest BCUT2D eigenvalue weighted by atomic mass is 35.5. The molecule has 3 aromatic carbocycles. The summed E-state index contributed by atoms with van der Waals surface area (Å²) >= 11 is 6.37. The number of carbonyl (C=O) groups is 1. The van der Waals surface area contributed by atoms with Crippen LogP contribution in [0.1, 0.15) is 16.1 Å². The van der Waals surface area contributed by atoms with Crippen molar-refractivity contribution in [1.29, 1.82) is 0 Å². The van der Waals surface area contributed by atoms with Gasteiger partial charge in [-0.3, -0.25) is 4.79 Å². The number of rotatable bonds is 6. The lowest BCUT2D eigenvalue weighted by atomic mass is 10.2. The van der Waals surface area contributed by atoms with E-state index in [9.17, 15) is 26.4 Å². The third kappa shape index (κ3) is 4.98. The summed E-state index contributed by atoms with van der Waals surface area (Å²) < 4.78 is 72.9. The first-order valence-corrected chi connectivity index (χ1v) is 12.2. The molecule has 0 fully saturated rings. The zero-order valence-corrected chi connectivity index (χ0v) is 20.4. The average molecular weight is 538 g/mol. The number of aromatic nitrogens is 1. The highest BCUT2D eigenvalue weighted by molar-refractivity contribution is 7.90. The van der Waals surface area contributed by atoms with Gasteiger partial charge in [-0.2, -0.15) is 13.2 Å². The first-order valence-electron chi connectivity index (χ1n) is 10.3. The largest absolute Gasteiger partial charge is 0.497 e. The molecule has 1 amide bonds. The summed E-state index contributed by atoms with van der Waals surface area (Å²) in [6.07, 6.45) is -4.74. The van der Waals surface area contributed by atoms with Crippen LogP contribution in [-0.2, 0) is 23.2 Å². The summed E-state index contributed by atoms with van der Waals surface area (Å²) in [5, 5.41) is 4.05. The Morgan fingerprint density at radius 1 is 1.03 bits per heavy atom. The molecule has 188 valence electrons. The zero-order valence-electron chi connectivity index (χ0n) is 18.9. The molecule has 0 radical (unpaired) electrons. The number of halogens is 4. The number of anilines is 2. The number of aryl methyl sites for hydroxylation is 1. The normalized spacial score (nSPS) is 11.9. The Morgan fingerprint density at radius 3 is 2.44 bits per heavy atom. The maximum absolute atomic E-state index is 13.0. The van der Waals surface area contributed by atoms with Crippen molar-refractivity contribution in [2.24, 2.45) is 7.05 Å². The number of ether oxygens (including phenoxy) is 1. The SMILES string of the molecule is COc1cccc(Nc2ccc(Cl)c3c2cc(C(=O)NS(=O)(=O)c2cccc(C(F)(F)F)c2)n3C)c1. The lowest BCUT2D eigenvalue weighted by Gasteiger charge is -2.11. The number of methoxy groups -OCH3 is 1. The van der Waals surface area contributed by atoms with Crippen LogP contribution in [0.4, 0.5) is 24.5 Å². The van der Waals surface area contributed by atoms with Gasteiger partial charge in [0, 0.05) is 29.9 Å². The Kier molecular flexibility index (Phi) is 6.63. The molecule has 36 heavy (non-hydrogen) atoms. The van der Waals surface area contributed by atoms with E-state index in [1.807, 2.05) is 4.72 Å². The van der Waals surface area contributed by atoms with E-state index in [1.54, 1.807) is 36.4 Å². The topological polar surface area (TPSA) is 89.4 Å². The molecule has 0 aliphatic heterocycles. The van der Waals surface area contributed by atoms with Crippen molar-refractivity contribution in [3.8, 4) is 5.75 Å². The standard InChI is InChI=1S/C24H19ClF3N3O4S/c1-31-21(23(32)30-36(33,34)17-8-3-5-14(11-17)24(26,27)28)13-18-20(10-9-19(25)22(18)31)29-15-6-4-7-16(12-15)35-2/h3-13,29H,1-2H3,(H,30,32). The number of alkyl halides is 3. The van der Waals surface area contributed by atoms with Gasteiger partial charge in [0.1, 0.15) is 11.4 Å². The zero-order chi connectivity index (χ0) is 26.3. The molecule has 0 bridgehead atoms. The van der Waals surface area contributed by atoms with E-state index in [1.165, 1.54) is 24.8 Å². The van der Waals surface area contributed by atoms with E-state index in [-0.39, 0.29) is 5.69 Å². The molecule has 0 atom stereocenters. The molecular formula is C24H19ClF3N3O4S. The fourth-order valence-electron chi connectivity index (χ4n) is 3.68. The van der Waals surface area contributed by atoms with Crippen molar-refractivity contribution in [2.45, 2.75) is 11.1 Å². The van der Waals surface area contributed by atoms with Crippen LogP contribution in [0.25, 0.3) is 10.9 Å². The number of fused-ring (bicyclic) bond motifs is 1. The average Bonchev–Trinajstić information content (AvgIpc) is 3.19. The van der Waals surface area contributed by atoms with Crippen molar-refractivity contribution in [3.63, 3.8) is 0 Å². The second kappa shape index (κ2) is 9.40. The summed E-state index contributed by atoms with van der Waals surface area (Å²) in [4.78, 5) is 12.3. The van der Waals surface area contributed by atoms with Crippen molar-refractivity contribution in [1.82, 2.24) is 9.29 Å². The summed E-state index contributed by atoms with van der Waals surface area (Å²) in [7, 11) is -1.54. The molecule has 1 aromatic heterocycles. The number of benzene rings is 3. The minimum absolute atomic E-state index is 0.0673. The van der Waals surface area contributed by atoms with Gasteiger partial charge in [0.05, 0.1) is 28.1 Å². The van der Waals surface area contributed by atoms with Gasteiger partial charge in [0.15, 0.2) is 0 Å². The predicted octanol–water partition coefficient (Wildman–Crippen LogP) is 5.72. The molecule has 0 unspecified atom stereocenters. The molecule has 0 spiro atoms. The third-order valence-corrected chi connectivity index (χ3v) is 7.06. The monoisotopic (exact) mass is 537 g/mol. The maximum atomic E-state index is 13.0. The molecule has 4 rings (SSSR count). The molecule has 4 aromatic rings. The smallest absolute Gasteiger partial charge is 0.416 e. The molecule has 0 saturated heterocycles. The Balaban J connectivity index is 1.69. The number of nitrogens with one attached hydrogen (secondary N) is 2. The molecule has 2 N–H and O–H groups in total. The van der Waals surface area contributed by atoms with Gasteiger partial charge in [0.25, 0.3) is 15.9 Å². The van der Waals surface area contributed by atoms with E-state index in [4.69, 9.17) is 16.3 Å². The summed E-state index contributed by atoms with van der Waals surface area (Å²) in [6, 6.07) is 15.0. The van der Waals surface area contributed by atoms with Gasteiger partial charge < -0.3 is 14.6 Å². The quantitative estimate of drug-likeness (QED) is 0.328. The van der Waals surface area contributed by atoms with Crippen molar-refractivity contribution in [2.75, 3.05) is 12.4 Å². The number of nitrogens with zero attached hydrogens (tertiary/aromatic N) is 1. The first kappa shape index (κ1) is 25.4. The van der Waals surface area contributed by atoms with Crippen molar-refractivity contribution < 1.29 is 31.1 Å². The van der Waals surface area contributed by atoms with Crippen LogP contribution >= 0.6 is 11.6 Å². The molecule has 7 nitrogen and oxygen atoms in total. The van der Waals surface area contributed by atoms with Crippen LogP contribution in [0.3, 0.4) is 0 Å². The molecule has 12 heteroatoms. The Morgan fingerprint density at radius 2 is 1.75 bits per heavy atom. The summed E-state index contributed by atoms with van der Waals surface area (Å²) in [5.74, 6) is -0.410. The maximum Gasteiger partial charge on any atom is 0.416 e. The second-order valence-corrected chi connectivity index (χ2v) is 9.85. The minimum atomic E-state index is -4.74. The second-order valence-electron chi connectivity index (χ2n) is 7.76. The van der Waals surface area contributed by atoms with Crippen molar-refractivity contribution >= 4 is 49.8 Å². The van der Waals surface area contributed by atoms with Crippen molar-refractivity contribution in [3.05, 3.63) is 83.0 Å². The van der Waals surface area contributed by atoms with E-state index in [0.717, 1.165) is 18.2 Å². The van der Waals surface area contributed by atoms with Crippen LogP contribution < -0.4 is 14.8 Å². The summed E-state index contributed by atoms with van der Waals surface area (Å²) in [5.41, 5.74) is 0.508. The van der Waals surface area contributed by atoms with Crippen LogP contribution in [-0.4, -0.2) is 26.0 Å². The molecule has 0 aliphatic carbocycles. The highest BCUT2D eigenvalue weighted by Gasteiger charge is 2.32. The van der Waals surface area contributed by atoms with Crippen LogP contribution in [0.15, 0.2) is 71.6 Å². The Labute approximate surface area is 209 Å². The number of carbonyl (C=O) groups excluding carboxylic acids is 1. The Hall–Kier alpha value is -3.70. The van der Waals surface area contributed by atoms with Crippen LogP contribution in [0.5, 0.6) is 5.75 Å². The molecule has 1 heterocycles. The number of amides is 1. The molecular weight excluding hydrogens is 519 g/mol. The number of sulfonamides is 1. The lowest BCUT2D eigenvalue weighted by Crippen LogP contribution is -2.32. The van der Waals surface area contributed by atoms with Crippen LogP contribution in [0.2, 0.25) is 5.02 Å². The fraction of sp³-hybridized carbons (Fsp3) is 0.125. The van der Waals surface area contributed by atoms with Gasteiger partial charge in [0.2, 0.25) is 0 Å². The van der Waals surface area contributed by atoms with Gasteiger partial charge in [-0.1, -0.05) is 23.7 Å². The molecule has 0 saturated carbocycles. The van der Waals surface area contributed by atoms with E-state index < -0.39 is 32.6 Å².